The predicted molar refractivity (Wildman–Crippen MR) is 123 cm³/mol. The van der Waals surface area contributed by atoms with Crippen molar-refractivity contribution in [2.75, 3.05) is 0 Å². The molecular formula is C24H18Cl3NO3. The van der Waals surface area contributed by atoms with Crippen LogP contribution < -0.4 is 0 Å². The van der Waals surface area contributed by atoms with Crippen LogP contribution in [0.25, 0.3) is 11.1 Å². The van der Waals surface area contributed by atoms with Gasteiger partial charge < -0.3 is 10.0 Å². The van der Waals surface area contributed by atoms with Crippen molar-refractivity contribution in [3.63, 3.8) is 0 Å². The summed E-state index contributed by atoms with van der Waals surface area (Å²) >= 11 is 19.2. The zero-order chi connectivity index (χ0) is 22.1. The maximum atomic E-state index is 13.9. The molecular weight excluding hydrogens is 457 g/mol. The summed E-state index contributed by atoms with van der Waals surface area (Å²) in [6, 6.07) is 18.3. The highest BCUT2D eigenvalue weighted by molar-refractivity contribution is 6.44. The molecule has 1 saturated heterocycles. The summed E-state index contributed by atoms with van der Waals surface area (Å²) in [7, 11) is 0. The average molecular weight is 475 g/mol. The first-order valence-corrected chi connectivity index (χ1v) is 10.9. The van der Waals surface area contributed by atoms with Gasteiger partial charge in [0.2, 0.25) is 0 Å². The lowest BCUT2D eigenvalue weighted by Crippen LogP contribution is -2.42. The third-order valence-electron chi connectivity index (χ3n) is 5.56. The average Bonchev–Trinajstić information content (AvgIpc) is 3.21. The lowest BCUT2D eigenvalue weighted by molar-refractivity contribution is -0.141. The Morgan fingerprint density at radius 3 is 2.19 bits per heavy atom. The highest BCUT2D eigenvalue weighted by Gasteiger charge is 2.43. The molecule has 3 aromatic rings. The second-order valence-electron chi connectivity index (χ2n) is 7.33. The van der Waals surface area contributed by atoms with Crippen molar-refractivity contribution in [2.45, 2.75) is 24.9 Å². The molecule has 4 nitrogen and oxygen atoms in total. The van der Waals surface area contributed by atoms with Crippen LogP contribution in [0.2, 0.25) is 15.1 Å². The Kier molecular flexibility index (Phi) is 6.24. The van der Waals surface area contributed by atoms with E-state index < -0.39 is 24.0 Å². The zero-order valence-corrected chi connectivity index (χ0v) is 18.5. The van der Waals surface area contributed by atoms with Crippen molar-refractivity contribution in [3.8, 4) is 11.1 Å². The molecule has 158 valence electrons. The van der Waals surface area contributed by atoms with Crippen LogP contribution in [0.15, 0.2) is 66.7 Å². The first kappa shape index (κ1) is 21.7. The van der Waals surface area contributed by atoms with E-state index >= 15 is 0 Å². The molecule has 31 heavy (non-hydrogen) atoms. The Morgan fingerprint density at radius 2 is 1.52 bits per heavy atom. The Morgan fingerprint density at radius 1 is 0.839 bits per heavy atom. The normalized spacial score (nSPS) is 18.2. The largest absolute Gasteiger partial charge is 0.480 e. The summed E-state index contributed by atoms with van der Waals surface area (Å²) in [6.07, 6.45) is 0.793. The van der Waals surface area contributed by atoms with Crippen LogP contribution in [0.4, 0.5) is 0 Å². The van der Waals surface area contributed by atoms with Gasteiger partial charge in [-0.15, -0.1) is 0 Å². The van der Waals surface area contributed by atoms with E-state index in [1.165, 1.54) is 4.90 Å². The molecule has 1 aliphatic heterocycles. The van der Waals surface area contributed by atoms with E-state index in [4.69, 9.17) is 34.8 Å². The summed E-state index contributed by atoms with van der Waals surface area (Å²) in [5.41, 5.74) is 2.27. The van der Waals surface area contributed by atoms with Crippen molar-refractivity contribution >= 4 is 46.7 Å². The molecule has 0 aromatic heterocycles. The highest BCUT2D eigenvalue weighted by Crippen LogP contribution is 2.43. The van der Waals surface area contributed by atoms with Crippen molar-refractivity contribution in [1.82, 2.24) is 4.90 Å². The number of hydrogen-bond donors (Lipinski definition) is 1. The van der Waals surface area contributed by atoms with E-state index in [1.54, 1.807) is 24.3 Å². The van der Waals surface area contributed by atoms with Gasteiger partial charge in [-0.3, -0.25) is 4.79 Å². The van der Waals surface area contributed by atoms with E-state index in [0.29, 0.717) is 29.0 Å². The standard InChI is InChI=1S/C24H18Cl3NO3/c25-17-9-5-4-8-16(17)19-12-13-20(24(30)31)28(19)23(29)21-15(10-11-18(26)22(21)27)14-6-2-1-3-7-14/h1-11,19-20H,12-13H2,(H,30,31). The molecule has 2 atom stereocenters. The number of rotatable bonds is 4. The molecule has 0 aliphatic carbocycles. The van der Waals surface area contributed by atoms with Gasteiger partial charge in [0.15, 0.2) is 0 Å². The van der Waals surface area contributed by atoms with Gasteiger partial charge in [0.05, 0.1) is 21.7 Å². The van der Waals surface area contributed by atoms with Crippen molar-refractivity contribution < 1.29 is 14.7 Å². The fourth-order valence-corrected chi connectivity index (χ4v) is 4.80. The fourth-order valence-electron chi connectivity index (χ4n) is 4.13. The maximum absolute atomic E-state index is 13.9. The van der Waals surface area contributed by atoms with Gasteiger partial charge in [0.1, 0.15) is 6.04 Å². The van der Waals surface area contributed by atoms with E-state index in [2.05, 4.69) is 0 Å². The number of carboxylic acids is 1. The minimum Gasteiger partial charge on any atom is -0.480 e. The molecule has 4 rings (SSSR count). The van der Waals surface area contributed by atoms with Crippen LogP contribution in [0.5, 0.6) is 0 Å². The summed E-state index contributed by atoms with van der Waals surface area (Å²) < 4.78 is 0. The van der Waals surface area contributed by atoms with Crippen molar-refractivity contribution in [3.05, 3.63) is 92.9 Å². The molecule has 0 radical (unpaired) electrons. The van der Waals surface area contributed by atoms with Crippen LogP contribution in [0, 0.1) is 0 Å². The first-order valence-electron chi connectivity index (χ1n) is 9.73. The molecule has 1 heterocycles. The third-order valence-corrected chi connectivity index (χ3v) is 6.71. The number of halogens is 3. The SMILES string of the molecule is O=C(O)C1CCC(c2ccccc2Cl)N1C(=O)c1c(-c2ccccc2)ccc(Cl)c1Cl. The molecule has 2 unspecified atom stereocenters. The van der Waals surface area contributed by atoms with E-state index in [0.717, 1.165) is 5.56 Å². The number of carboxylic acid groups (broad SMARTS) is 1. The monoisotopic (exact) mass is 473 g/mol. The van der Waals surface area contributed by atoms with Gasteiger partial charge in [-0.2, -0.15) is 0 Å². The molecule has 0 spiro atoms. The van der Waals surface area contributed by atoms with Crippen molar-refractivity contribution in [1.29, 1.82) is 0 Å². The number of hydrogen-bond acceptors (Lipinski definition) is 2. The lowest BCUT2D eigenvalue weighted by Gasteiger charge is -2.30. The van der Waals surface area contributed by atoms with Crippen LogP contribution >= 0.6 is 34.8 Å². The van der Waals surface area contributed by atoms with Crippen LogP contribution in [-0.4, -0.2) is 27.9 Å². The zero-order valence-electron chi connectivity index (χ0n) is 16.3. The number of nitrogens with zero attached hydrogens (tertiary/aromatic N) is 1. The van der Waals surface area contributed by atoms with Gasteiger partial charge >= 0.3 is 5.97 Å². The van der Waals surface area contributed by atoms with Crippen LogP contribution in [0.3, 0.4) is 0 Å². The van der Waals surface area contributed by atoms with Gasteiger partial charge in [-0.1, -0.05) is 89.4 Å². The minimum absolute atomic E-state index is 0.0990. The highest BCUT2D eigenvalue weighted by atomic mass is 35.5. The Labute approximate surface area is 195 Å². The minimum atomic E-state index is -1.07. The second-order valence-corrected chi connectivity index (χ2v) is 8.52. The molecule has 1 aliphatic rings. The van der Waals surface area contributed by atoms with Gasteiger partial charge in [0, 0.05) is 5.02 Å². The summed E-state index contributed by atoms with van der Waals surface area (Å²) in [6.45, 7) is 0. The van der Waals surface area contributed by atoms with Gasteiger partial charge in [-0.25, -0.2) is 4.79 Å². The van der Waals surface area contributed by atoms with Crippen LogP contribution in [0.1, 0.15) is 34.8 Å². The third kappa shape index (κ3) is 4.03. The topological polar surface area (TPSA) is 57.6 Å². The van der Waals surface area contributed by atoms with Crippen molar-refractivity contribution in [2.24, 2.45) is 0 Å². The smallest absolute Gasteiger partial charge is 0.326 e. The molecule has 0 bridgehead atoms. The summed E-state index contributed by atoms with van der Waals surface area (Å²) in [4.78, 5) is 27.3. The Balaban J connectivity index is 1.88. The molecule has 1 N–H and O–H groups in total. The number of carbonyl (C=O) groups is 2. The number of amides is 1. The molecule has 1 amide bonds. The number of likely N-dealkylation sites (tertiary alicyclic amines) is 1. The van der Waals surface area contributed by atoms with Crippen LogP contribution in [-0.2, 0) is 4.79 Å². The Bertz CT molecular complexity index is 1150. The molecule has 0 saturated carbocycles. The Hall–Kier alpha value is -2.53. The number of carbonyl (C=O) groups excluding carboxylic acids is 1. The summed E-state index contributed by atoms with van der Waals surface area (Å²) in [5.74, 6) is -1.55. The summed E-state index contributed by atoms with van der Waals surface area (Å²) in [5, 5.41) is 10.6. The van der Waals surface area contributed by atoms with Gasteiger partial charge in [-0.05, 0) is 41.7 Å². The lowest BCUT2D eigenvalue weighted by atomic mass is 9.97. The van der Waals surface area contributed by atoms with E-state index in [1.807, 2.05) is 42.5 Å². The molecule has 7 heteroatoms. The molecule has 3 aromatic carbocycles. The quantitative estimate of drug-likeness (QED) is 0.455. The maximum Gasteiger partial charge on any atom is 0.326 e. The number of aliphatic carboxylic acids is 1. The fraction of sp³-hybridized carbons (Fsp3) is 0.167. The predicted octanol–water partition coefficient (Wildman–Crippen LogP) is 6.74. The first-order chi connectivity index (χ1) is 14.9. The van der Waals surface area contributed by atoms with E-state index in [9.17, 15) is 14.7 Å². The second kappa shape index (κ2) is 8.91. The van der Waals surface area contributed by atoms with Gasteiger partial charge in [0.25, 0.3) is 5.91 Å². The van der Waals surface area contributed by atoms with E-state index in [-0.39, 0.29) is 15.6 Å². The molecule has 1 fully saturated rings. The number of benzene rings is 3.